The van der Waals surface area contributed by atoms with E-state index in [0.29, 0.717) is 23.5 Å². The van der Waals surface area contributed by atoms with Gasteiger partial charge in [0.1, 0.15) is 5.75 Å². The van der Waals surface area contributed by atoms with Gasteiger partial charge < -0.3 is 9.47 Å². The topological polar surface area (TPSA) is 35.5 Å². The first-order valence-electron chi connectivity index (χ1n) is 6.26. The van der Waals surface area contributed by atoms with E-state index in [4.69, 9.17) is 9.47 Å². The molecule has 0 spiro atoms. The van der Waals surface area contributed by atoms with Crippen LogP contribution in [0.1, 0.15) is 22.8 Å². The maximum absolute atomic E-state index is 13.3. The zero-order chi connectivity index (χ0) is 14.5. The highest BCUT2D eigenvalue weighted by atomic mass is 19.1. The lowest BCUT2D eigenvalue weighted by Crippen LogP contribution is -2.03. The van der Waals surface area contributed by atoms with Crippen LogP contribution in [-0.4, -0.2) is 19.5 Å². The van der Waals surface area contributed by atoms with E-state index < -0.39 is 5.82 Å². The van der Waals surface area contributed by atoms with Crippen molar-refractivity contribution >= 4 is 5.78 Å². The number of carbonyl (C=O) groups is 1. The van der Waals surface area contributed by atoms with Crippen LogP contribution in [0.3, 0.4) is 0 Å². The number of methoxy groups -OCH3 is 1. The Labute approximate surface area is 117 Å². The summed E-state index contributed by atoms with van der Waals surface area (Å²) < 4.78 is 23.6. The minimum absolute atomic E-state index is 0.0526. The summed E-state index contributed by atoms with van der Waals surface area (Å²) in [6, 6.07) is 10.9. The molecule has 0 unspecified atom stereocenters. The number of hydrogen-bond acceptors (Lipinski definition) is 3. The van der Waals surface area contributed by atoms with Gasteiger partial charge in [-0.3, -0.25) is 4.79 Å². The molecule has 0 saturated carbocycles. The van der Waals surface area contributed by atoms with Gasteiger partial charge in [0.05, 0.1) is 13.7 Å². The molecule has 0 atom stereocenters. The molecule has 0 aliphatic rings. The van der Waals surface area contributed by atoms with Crippen molar-refractivity contribution in [1.82, 2.24) is 0 Å². The molecule has 0 fully saturated rings. The molecule has 0 N–H and O–H groups in total. The second-order valence-corrected chi connectivity index (χ2v) is 4.14. The number of benzene rings is 2. The van der Waals surface area contributed by atoms with Crippen molar-refractivity contribution in [3.05, 3.63) is 59.4 Å². The van der Waals surface area contributed by atoms with Gasteiger partial charge in [0.15, 0.2) is 17.3 Å². The van der Waals surface area contributed by atoms with E-state index in [1.54, 1.807) is 24.3 Å². The SMILES string of the molecule is CCOc1cccc(C(=O)c2ccc(F)c(OC)c2)c1. The van der Waals surface area contributed by atoms with Crippen molar-refractivity contribution in [2.75, 3.05) is 13.7 Å². The van der Waals surface area contributed by atoms with Crippen LogP contribution in [0.15, 0.2) is 42.5 Å². The zero-order valence-corrected chi connectivity index (χ0v) is 11.4. The predicted octanol–water partition coefficient (Wildman–Crippen LogP) is 3.46. The highest BCUT2D eigenvalue weighted by Gasteiger charge is 2.13. The summed E-state index contributed by atoms with van der Waals surface area (Å²) in [6.07, 6.45) is 0. The number of ketones is 1. The van der Waals surface area contributed by atoms with Crippen molar-refractivity contribution in [3.8, 4) is 11.5 Å². The third kappa shape index (κ3) is 2.96. The fourth-order valence-electron chi connectivity index (χ4n) is 1.86. The summed E-state index contributed by atoms with van der Waals surface area (Å²) in [7, 11) is 1.36. The lowest BCUT2D eigenvalue weighted by Gasteiger charge is -2.07. The molecule has 2 rings (SSSR count). The van der Waals surface area contributed by atoms with Crippen LogP contribution >= 0.6 is 0 Å². The highest BCUT2D eigenvalue weighted by molar-refractivity contribution is 6.09. The number of halogens is 1. The third-order valence-corrected chi connectivity index (χ3v) is 2.82. The molecule has 0 saturated heterocycles. The number of carbonyl (C=O) groups excluding carboxylic acids is 1. The van der Waals surface area contributed by atoms with E-state index in [2.05, 4.69) is 0 Å². The Hall–Kier alpha value is -2.36. The molecular formula is C16H15FO3. The monoisotopic (exact) mass is 274 g/mol. The smallest absolute Gasteiger partial charge is 0.193 e. The van der Waals surface area contributed by atoms with Gasteiger partial charge in [0.2, 0.25) is 0 Å². The summed E-state index contributed by atoms with van der Waals surface area (Å²) in [5, 5.41) is 0. The predicted molar refractivity (Wildman–Crippen MR) is 74.0 cm³/mol. The highest BCUT2D eigenvalue weighted by Crippen LogP contribution is 2.22. The zero-order valence-electron chi connectivity index (χ0n) is 11.4. The molecule has 0 aliphatic carbocycles. The molecule has 4 heteroatoms. The van der Waals surface area contributed by atoms with Gasteiger partial charge >= 0.3 is 0 Å². The Kier molecular flexibility index (Phi) is 4.35. The molecule has 20 heavy (non-hydrogen) atoms. The fourth-order valence-corrected chi connectivity index (χ4v) is 1.86. The minimum Gasteiger partial charge on any atom is -0.494 e. The van der Waals surface area contributed by atoms with E-state index in [9.17, 15) is 9.18 Å². The van der Waals surface area contributed by atoms with Gasteiger partial charge in [-0.15, -0.1) is 0 Å². The average Bonchev–Trinajstić information content (AvgIpc) is 2.48. The summed E-state index contributed by atoms with van der Waals surface area (Å²) in [5.41, 5.74) is 0.863. The largest absolute Gasteiger partial charge is 0.494 e. The van der Waals surface area contributed by atoms with Crippen LogP contribution in [-0.2, 0) is 0 Å². The van der Waals surface area contributed by atoms with Crippen molar-refractivity contribution in [1.29, 1.82) is 0 Å². The van der Waals surface area contributed by atoms with Gasteiger partial charge in [0, 0.05) is 11.1 Å². The molecular weight excluding hydrogens is 259 g/mol. The standard InChI is InChI=1S/C16H15FO3/c1-3-20-13-6-4-5-11(9-13)16(18)12-7-8-14(17)15(10-12)19-2/h4-10H,3H2,1-2H3. The number of rotatable bonds is 5. The molecule has 0 bridgehead atoms. The maximum atomic E-state index is 13.3. The van der Waals surface area contributed by atoms with E-state index in [1.807, 2.05) is 6.92 Å². The van der Waals surface area contributed by atoms with Crippen molar-refractivity contribution in [3.63, 3.8) is 0 Å². The van der Waals surface area contributed by atoms with Crippen LogP contribution < -0.4 is 9.47 Å². The minimum atomic E-state index is -0.493. The number of hydrogen-bond donors (Lipinski definition) is 0. The average molecular weight is 274 g/mol. The van der Waals surface area contributed by atoms with E-state index >= 15 is 0 Å². The van der Waals surface area contributed by atoms with Crippen LogP contribution in [0.5, 0.6) is 11.5 Å². The molecule has 0 aromatic heterocycles. The van der Waals surface area contributed by atoms with Gasteiger partial charge in [0.25, 0.3) is 0 Å². The molecule has 0 amide bonds. The first-order valence-corrected chi connectivity index (χ1v) is 6.26. The lowest BCUT2D eigenvalue weighted by molar-refractivity contribution is 0.103. The van der Waals surface area contributed by atoms with Crippen LogP contribution in [0.4, 0.5) is 4.39 Å². The molecule has 0 radical (unpaired) electrons. The lowest BCUT2D eigenvalue weighted by atomic mass is 10.0. The first-order chi connectivity index (χ1) is 9.65. The first kappa shape index (κ1) is 14.1. The van der Waals surface area contributed by atoms with E-state index in [1.165, 1.54) is 25.3 Å². The van der Waals surface area contributed by atoms with E-state index in [-0.39, 0.29) is 11.5 Å². The van der Waals surface area contributed by atoms with Crippen LogP contribution in [0.2, 0.25) is 0 Å². The Morgan fingerprint density at radius 2 is 1.90 bits per heavy atom. The van der Waals surface area contributed by atoms with Crippen LogP contribution in [0, 0.1) is 5.82 Å². The van der Waals surface area contributed by atoms with Crippen molar-refractivity contribution < 1.29 is 18.7 Å². The van der Waals surface area contributed by atoms with Crippen molar-refractivity contribution in [2.24, 2.45) is 0 Å². The second-order valence-electron chi connectivity index (χ2n) is 4.14. The summed E-state index contributed by atoms with van der Waals surface area (Å²) in [5.74, 6) is -0.0128. The Morgan fingerprint density at radius 3 is 2.60 bits per heavy atom. The molecule has 2 aromatic rings. The Morgan fingerprint density at radius 1 is 1.15 bits per heavy atom. The van der Waals surface area contributed by atoms with E-state index in [0.717, 1.165) is 0 Å². The fraction of sp³-hybridized carbons (Fsp3) is 0.188. The summed E-state index contributed by atoms with van der Waals surface area (Å²) in [6.45, 7) is 2.40. The maximum Gasteiger partial charge on any atom is 0.193 e. The molecule has 3 nitrogen and oxygen atoms in total. The second kappa shape index (κ2) is 6.19. The quantitative estimate of drug-likeness (QED) is 0.783. The van der Waals surface area contributed by atoms with Gasteiger partial charge in [-0.1, -0.05) is 12.1 Å². The normalized spacial score (nSPS) is 10.2. The molecule has 0 heterocycles. The van der Waals surface area contributed by atoms with Gasteiger partial charge in [-0.25, -0.2) is 4.39 Å². The van der Waals surface area contributed by atoms with Crippen molar-refractivity contribution in [2.45, 2.75) is 6.92 Å². The molecule has 2 aromatic carbocycles. The molecule has 0 aliphatic heterocycles. The van der Waals surface area contributed by atoms with Gasteiger partial charge in [-0.05, 0) is 37.3 Å². The van der Waals surface area contributed by atoms with Gasteiger partial charge in [-0.2, -0.15) is 0 Å². The third-order valence-electron chi connectivity index (χ3n) is 2.82. The number of ether oxygens (including phenoxy) is 2. The molecule has 104 valence electrons. The summed E-state index contributed by atoms with van der Waals surface area (Å²) >= 11 is 0. The van der Waals surface area contributed by atoms with Crippen LogP contribution in [0.25, 0.3) is 0 Å². The summed E-state index contributed by atoms with van der Waals surface area (Å²) in [4.78, 5) is 12.3. The Bertz CT molecular complexity index is 623. The Balaban J connectivity index is 2.33.